The summed E-state index contributed by atoms with van der Waals surface area (Å²) in [5.74, 6) is 1.18. The van der Waals surface area contributed by atoms with E-state index in [1.165, 1.54) is 0 Å². The van der Waals surface area contributed by atoms with E-state index >= 15 is 0 Å². The summed E-state index contributed by atoms with van der Waals surface area (Å²) >= 11 is 0. The second-order valence-corrected chi connectivity index (χ2v) is 6.52. The molecular weight excluding hydrogens is 356 g/mol. The van der Waals surface area contributed by atoms with Crippen molar-refractivity contribution in [2.24, 2.45) is 0 Å². The molecular formula is C21H22N4O3. The van der Waals surface area contributed by atoms with E-state index in [4.69, 9.17) is 9.47 Å². The number of amides is 2. The zero-order chi connectivity index (χ0) is 19.5. The largest absolute Gasteiger partial charge is 0.493 e. The number of rotatable bonds is 4. The molecule has 1 aromatic heterocycles. The van der Waals surface area contributed by atoms with Gasteiger partial charge in [0.1, 0.15) is 6.04 Å². The number of nitrogens with zero attached hydrogens (tertiary/aromatic N) is 2. The van der Waals surface area contributed by atoms with Crippen LogP contribution in [0.1, 0.15) is 23.0 Å². The molecule has 7 nitrogen and oxygen atoms in total. The summed E-state index contributed by atoms with van der Waals surface area (Å²) in [5.41, 5.74) is 3.63. The van der Waals surface area contributed by atoms with Gasteiger partial charge in [-0.3, -0.25) is 0 Å². The van der Waals surface area contributed by atoms with Crippen molar-refractivity contribution in [3.8, 4) is 11.5 Å². The van der Waals surface area contributed by atoms with Crippen molar-refractivity contribution in [2.45, 2.75) is 12.5 Å². The van der Waals surface area contributed by atoms with Crippen LogP contribution >= 0.6 is 0 Å². The van der Waals surface area contributed by atoms with Crippen molar-refractivity contribution in [3.63, 3.8) is 0 Å². The van der Waals surface area contributed by atoms with Crippen molar-refractivity contribution in [3.05, 3.63) is 71.8 Å². The van der Waals surface area contributed by atoms with Gasteiger partial charge in [0.2, 0.25) is 0 Å². The van der Waals surface area contributed by atoms with Crippen LogP contribution in [-0.2, 0) is 6.42 Å². The quantitative estimate of drug-likeness (QED) is 0.727. The van der Waals surface area contributed by atoms with Crippen LogP contribution in [0, 0.1) is 0 Å². The van der Waals surface area contributed by atoms with Crippen LogP contribution in [0.3, 0.4) is 0 Å². The molecule has 2 amide bonds. The van der Waals surface area contributed by atoms with Crippen LogP contribution in [0.5, 0.6) is 11.5 Å². The number of ether oxygens (including phenoxy) is 2. The highest BCUT2D eigenvalue weighted by Gasteiger charge is 2.34. The number of hydrogen-bond donors (Lipinski definition) is 2. The molecule has 144 valence electrons. The summed E-state index contributed by atoms with van der Waals surface area (Å²) < 4.78 is 10.6. The molecule has 1 unspecified atom stereocenters. The first-order valence-electron chi connectivity index (χ1n) is 9.08. The van der Waals surface area contributed by atoms with Gasteiger partial charge in [-0.25, -0.2) is 9.78 Å². The number of nitrogens with one attached hydrogen (secondary N) is 2. The van der Waals surface area contributed by atoms with Gasteiger partial charge >= 0.3 is 6.03 Å². The molecule has 0 saturated carbocycles. The number of imidazole rings is 1. The minimum Gasteiger partial charge on any atom is -0.493 e. The van der Waals surface area contributed by atoms with Gasteiger partial charge in [0.25, 0.3) is 0 Å². The first-order chi connectivity index (χ1) is 13.7. The molecule has 2 heterocycles. The second kappa shape index (κ2) is 7.64. The highest BCUT2D eigenvalue weighted by molar-refractivity contribution is 5.90. The maximum absolute atomic E-state index is 13.1. The number of carbonyl (C=O) groups excluding carboxylic acids is 1. The van der Waals surface area contributed by atoms with E-state index in [1.807, 2.05) is 35.2 Å². The van der Waals surface area contributed by atoms with E-state index in [0.717, 1.165) is 23.4 Å². The van der Waals surface area contributed by atoms with Gasteiger partial charge in [0.05, 0.1) is 26.2 Å². The maximum Gasteiger partial charge on any atom is 0.322 e. The van der Waals surface area contributed by atoms with Crippen molar-refractivity contribution >= 4 is 11.7 Å². The Labute approximate surface area is 163 Å². The lowest BCUT2D eigenvalue weighted by Crippen LogP contribution is -2.43. The maximum atomic E-state index is 13.1. The van der Waals surface area contributed by atoms with Crippen LogP contribution in [0.25, 0.3) is 0 Å². The molecule has 1 aliphatic rings. The molecule has 0 fully saturated rings. The monoisotopic (exact) mass is 378 g/mol. The number of methoxy groups -OCH3 is 2. The predicted molar refractivity (Wildman–Crippen MR) is 106 cm³/mol. The molecule has 0 saturated heterocycles. The zero-order valence-corrected chi connectivity index (χ0v) is 15.8. The Morgan fingerprint density at radius 3 is 2.68 bits per heavy atom. The van der Waals surface area contributed by atoms with Gasteiger partial charge in [-0.1, -0.05) is 30.3 Å². The SMILES string of the molecule is COc1ccc(NC(=O)N2CCc3[nH]cnc3C2c2ccccc2)cc1OC. The second-order valence-electron chi connectivity index (χ2n) is 6.52. The summed E-state index contributed by atoms with van der Waals surface area (Å²) in [4.78, 5) is 22.6. The van der Waals surface area contributed by atoms with Gasteiger partial charge < -0.3 is 24.7 Å². The highest BCUT2D eigenvalue weighted by Crippen LogP contribution is 2.34. The van der Waals surface area contributed by atoms with E-state index in [2.05, 4.69) is 15.3 Å². The van der Waals surface area contributed by atoms with Crippen molar-refractivity contribution in [1.29, 1.82) is 0 Å². The third-order valence-electron chi connectivity index (χ3n) is 4.94. The van der Waals surface area contributed by atoms with Crippen LogP contribution in [-0.4, -0.2) is 41.7 Å². The fourth-order valence-corrected chi connectivity index (χ4v) is 3.58. The first kappa shape index (κ1) is 17.9. The van der Waals surface area contributed by atoms with E-state index in [0.29, 0.717) is 23.7 Å². The molecule has 0 aliphatic carbocycles. The highest BCUT2D eigenvalue weighted by atomic mass is 16.5. The van der Waals surface area contributed by atoms with E-state index in [-0.39, 0.29) is 12.1 Å². The van der Waals surface area contributed by atoms with Gasteiger partial charge in [-0.05, 0) is 17.7 Å². The van der Waals surface area contributed by atoms with Crippen molar-refractivity contribution < 1.29 is 14.3 Å². The van der Waals surface area contributed by atoms with Gasteiger partial charge in [0.15, 0.2) is 11.5 Å². The molecule has 2 N–H and O–H groups in total. The summed E-state index contributed by atoms with van der Waals surface area (Å²) in [5, 5.41) is 2.97. The predicted octanol–water partition coefficient (Wildman–Crippen LogP) is 3.61. The Bertz CT molecular complexity index is 971. The number of fused-ring (bicyclic) bond motifs is 1. The number of hydrogen-bond acceptors (Lipinski definition) is 4. The zero-order valence-electron chi connectivity index (χ0n) is 15.8. The normalized spacial score (nSPS) is 15.6. The fraction of sp³-hybridized carbons (Fsp3) is 0.238. The van der Waals surface area contributed by atoms with Crippen LogP contribution < -0.4 is 14.8 Å². The molecule has 28 heavy (non-hydrogen) atoms. The Kier molecular flexibility index (Phi) is 4.89. The number of anilines is 1. The summed E-state index contributed by atoms with van der Waals surface area (Å²) in [6.07, 6.45) is 2.42. The molecule has 1 atom stereocenters. The molecule has 0 spiro atoms. The van der Waals surface area contributed by atoms with Gasteiger partial charge in [0, 0.05) is 30.4 Å². The number of carbonyl (C=O) groups is 1. The van der Waals surface area contributed by atoms with Gasteiger partial charge in [-0.15, -0.1) is 0 Å². The third-order valence-corrected chi connectivity index (χ3v) is 4.94. The lowest BCUT2D eigenvalue weighted by Gasteiger charge is -2.35. The average Bonchev–Trinajstić information content (AvgIpc) is 3.22. The Balaban J connectivity index is 1.63. The lowest BCUT2D eigenvalue weighted by molar-refractivity contribution is 0.192. The number of aromatic nitrogens is 2. The van der Waals surface area contributed by atoms with Crippen LogP contribution in [0.15, 0.2) is 54.9 Å². The first-order valence-corrected chi connectivity index (χ1v) is 9.08. The molecule has 3 aromatic rings. The van der Waals surface area contributed by atoms with E-state index in [9.17, 15) is 4.79 Å². The number of benzene rings is 2. The summed E-state index contributed by atoms with van der Waals surface area (Å²) in [7, 11) is 3.15. The number of urea groups is 1. The number of aromatic amines is 1. The lowest BCUT2D eigenvalue weighted by atomic mass is 9.96. The summed E-state index contributed by atoms with van der Waals surface area (Å²) in [6.45, 7) is 0.591. The molecule has 0 radical (unpaired) electrons. The Hall–Kier alpha value is -3.48. The Morgan fingerprint density at radius 1 is 1.14 bits per heavy atom. The van der Waals surface area contributed by atoms with E-state index < -0.39 is 0 Å². The van der Waals surface area contributed by atoms with Gasteiger partial charge in [-0.2, -0.15) is 0 Å². The fourth-order valence-electron chi connectivity index (χ4n) is 3.58. The summed E-state index contributed by atoms with van der Waals surface area (Å²) in [6, 6.07) is 14.8. The molecule has 1 aliphatic heterocycles. The average molecular weight is 378 g/mol. The van der Waals surface area contributed by atoms with E-state index in [1.54, 1.807) is 38.7 Å². The molecule has 2 aromatic carbocycles. The third kappa shape index (κ3) is 3.26. The minimum absolute atomic E-state index is 0.185. The van der Waals surface area contributed by atoms with Crippen LogP contribution in [0.4, 0.5) is 10.5 Å². The molecule has 7 heteroatoms. The smallest absolute Gasteiger partial charge is 0.322 e. The van der Waals surface area contributed by atoms with Crippen molar-refractivity contribution in [1.82, 2.24) is 14.9 Å². The topological polar surface area (TPSA) is 79.5 Å². The van der Waals surface area contributed by atoms with Crippen LogP contribution in [0.2, 0.25) is 0 Å². The van der Waals surface area contributed by atoms with Crippen molar-refractivity contribution in [2.75, 3.05) is 26.1 Å². The molecule has 0 bridgehead atoms. The Morgan fingerprint density at radius 2 is 1.93 bits per heavy atom. The number of H-pyrrole nitrogens is 1. The standard InChI is InChI=1S/C21H22N4O3/c1-27-17-9-8-15(12-18(17)28-2)24-21(26)25-11-10-16-19(23-13-22-16)20(25)14-6-4-3-5-7-14/h3-9,12-13,20H,10-11H2,1-2H3,(H,22,23)(H,24,26). The minimum atomic E-state index is -0.239. The molecule has 4 rings (SSSR count).